The van der Waals surface area contributed by atoms with Gasteiger partial charge in [-0.1, -0.05) is 5.16 Å². The Morgan fingerprint density at radius 3 is 2.77 bits per heavy atom. The standard InChI is InChI=1S/C16H16N4O8S.K/c1-26-19-9(8-3-2-4-27-8)12(21)18-10-13(22)20-11(15(23)24)7(5-28-16(17)25)6-29-14(10)20;/h2-4,10,14H,5-6H2,1H3,(H2,17,25)(H,18,21)(H,23,24);/q;+1/p-1/b19-9-;/t10-,14-;/m1./s1. The van der Waals surface area contributed by atoms with E-state index in [1.807, 2.05) is 0 Å². The molecule has 3 heterocycles. The van der Waals surface area contributed by atoms with Crippen molar-refractivity contribution >= 4 is 41.4 Å². The van der Waals surface area contributed by atoms with Gasteiger partial charge < -0.3 is 34.9 Å². The Morgan fingerprint density at radius 2 is 2.20 bits per heavy atom. The molecular weight excluding hydrogens is 447 g/mol. The van der Waals surface area contributed by atoms with Crippen LogP contribution in [0.3, 0.4) is 0 Å². The quantitative estimate of drug-likeness (QED) is 0.174. The van der Waals surface area contributed by atoms with Crippen LogP contribution in [0.15, 0.2) is 39.2 Å². The number of carbonyl (C=O) groups excluding carboxylic acids is 4. The van der Waals surface area contributed by atoms with Crippen LogP contribution in [0, 0.1) is 0 Å². The fraction of sp³-hybridized carbons (Fsp3) is 0.312. The minimum atomic E-state index is -1.60. The zero-order valence-electron chi connectivity index (χ0n) is 15.9. The van der Waals surface area contributed by atoms with E-state index in [2.05, 4.69) is 20.0 Å². The zero-order valence-corrected chi connectivity index (χ0v) is 19.9. The van der Waals surface area contributed by atoms with E-state index in [4.69, 9.17) is 10.2 Å². The first kappa shape index (κ1) is 24.4. The van der Waals surface area contributed by atoms with E-state index >= 15 is 0 Å². The molecular formula is C16H15KN4O8S. The second-order valence-corrected chi connectivity index (χ2v) is 6.91. The molecule has 0 saturated carbocycles. The van der Waals surface area contributed by atoms with Crippen LogP contribution in [0.1, 0.15) is 5.76 Å². The van der Waals surface area contributed by atoms with Gasteiger partial charge in [0.1, 0.15) is 25.1 Å². The minimum Gasteiger partial charge on any atom is -0.543 e. The van der Waals surface area contributed by atoms with Crippen LogP contribution in [0.4, 0.5) is 4.79 Å². The first-order chi connectivity index (χ1) is 13.8. The molecule has 0 spiro atoms. The molecule has 0 aliphatic carbocycles. The molecule has 14 heteroatoms. The molecule has 2 aliphatic heterocycles. The summed E-state index contributed by atoms with van der Waals surface area (Å²) in [6, 6.07) is 2.04. The molecule has 2 aliphatic rings. The number of primary amides is 1. The van der Waals surface area contributed by atoms with Crippen molar-refractivity contribution in [3.8, 4) is 0 Å². The number of carboxylic acid groups (broad SMARTS) is 1. The summed E-state index contributed by atoms with van der Waals surface area (Å²) >= 11 is 1.18. The van der Waals surface area contributed by atoms with Crippen molar-refractivity contribution in [2.45, 2.75) is 11.4 Å². The molecule has 2 atom stereocenters. The molecule has 30 heavy (non-hydrogen) atoms. The Morgan fingerprint density at radius 1 is 1.47 bits per heavy atom. The molecule has 1 fully saturated rings. The summed E-state index contributed by atoms with van der Waals surface area (Å²) in [5, 5.41) is 17.0. The van der Waals surface area contributed by atoms with Gasteiger partial charge in [-0.15, -0.1) is 11.8 Å². The number of rotatable bonds is 7. The van der Waals surface area contributed by atoms with E-state index in [1.54, 1.807) is 6.07 Å². The number of hydrogen-bond acceptors (Lipinski definition) is 10. The van der Waals surface area contributed by atoms with Crippen molar-refractivity contribution in [1.82, 2.24) is 10.2 Å². The van der Waals surface area contributed by atoms with Gasteiger partial charge in [0.05, 0.1) is 17.9 Å². The number of nitrogens with zero attached hydrogens (tertiary/aromatic N) is 2. The monoisotopic (exact) mass is 462 g/mol. The zero-order chi connectivity index (χ0) is 21.1. The number of furan rings is 1. The molecule has 3 N–H and O–H groups in total. The first-order valence-corrected chi connectivity index (χ1v) is 9.16. The topological polar surface area (TPSA) is 177 Å². The van der Waals surface area contributed by atoms with E-state index in [1.165, 1.54) is 31.2 Å². The number of oxime groups is 1. The predicted molar refractivity (Wildman–Crippen MR) is 94.8 cm³/mol. The van der Waals surface area contributed by atoms with Gasteiger partial charge in [-0.3, -0.25) is 14.5 Å². The Labute approximate surface area is 216 Å². The van der Waals surface area contributed by atoms with Gasteiger partial charge in [-0.2, -0.15) is 0 Å². The van der Waals surface area contributed by atoms with E-state index in [0.29, 0.717) is 0 Å². The number of amides is 3. The van der Waals surface area contributed by atoms with Crippen LogP contribution in [-0.2, 0) is 24.0 Å². The van der Waals surface area contributed by atoms with Gasteiger partial charge in [0, 0.05) is 11.3 Å². The van der Waals surface area contributed by atoms with Crippen molar-refractivity contribution in [2.24, 2.45) is 10.9 Å². The van der Waals surface area contributed by atoms with Crippen molar-refractivity contribution in [1.29, 1.82) is 0 Å². The summed E-state index contributed by atoms with van der Waals surface area (Å²) in [7, 11) is 1.25. The maximum absolute atomic E-state index is 12.5. The number of carboxylic acids is 1. The third kappa shape index (κ3) is 4.89. The molecule has 154 valence electrons. The van der Waals surface area contributed by atoms with Crippen LogP contribution in [0.25, 0.3) is 0 Å². The number of β-lactam (4-membered cyclic amide) rings is 1. The molecule has 0 bridgehead atoms. The number of nitrogens with one attached hydrogen (secondary N) is 1. The van der Waals surface area contributed by atoms with Gasteiger partial charge in [0.2, 0.25) is 5.71 Å². The average molecular weight is 462 g/mol. The van der Waals surface area contributed by atoms with Crippen molar-refractivity contribution in [2.75, 3.05) is 19.5 Å². The molecule has 1 saturated heterocycles. The van der Waals surface area contributed by atoms with Crippen molar-refractivity contribution in [3.05, 3.63) is 35.4 Å². The number of fused-ring (bicyclic) bond motifs is 1. The minimum absolute atomic E-state index is 0. The Bertz CT molecular complexity index is 916. The summed E-state index contributed by atoms with van der Waals surface area (Å²) in [6.45, 7) is -0.387. The smallest absolute Gasteiger partial charge is 0.543 e. The van der Waals surface area contributed by atoms with Crippen LogP contribution < -0.4 is 67.5 Å². The van der Waals surface area contributed by atoms with Gasteiger partial charge >= 0.3 is 57.5 Å². The third-order valence-corrected chi connectivity index (χ3v) is 5.41. The van der Waals surface area contributed by atoms with Gasteiger partial charge in [-0.05, 0) is 12.1 Å². The summed E-state index contributed by atoms with van der Waals surface area (Å²) in [4.78, 5) is 53.0. The average Bonchev–Trinajstić information content (AvgIpc) is 3.21. The SMILES string of the molecule is CO/N=C(\C(=O)N[C@@H]1C(=O)N2C(C(=O)[O-])=C(COC(N)=O)CS[C@H]12)c1ccco1.[K+]. The van der Waals surface area contributed by atoms with Crippen molar-refractivity contribution in [3.63, 3.8) is 0 Å². The maximum atomic E-state index is 12.5. The fourth-order valence-electron chi connectivity index (χ4n) is 2.85. The number of aliphatic carboxylic acids is 1. The number of nitrogens with two attached hydrogens (primary N) is 1. The molecule has 1 aromatic heterocycles. The van der Waals surface area contributed by atoms with E-state index < -0.39 is 41.0 Å². The largest absolute Gasteiger partial charge is 1.00 e. The summed E-state index contributed by atoms with van der Waals surface area (Å²) in [5.41, 5.74) is 4.48. The summed E-state index contributed by atoms with van der Waals surface area (Å²) in [5.74, 6) is -2.74. The molecule has 3 amide bonds. The Kier molecular flexibility index (Phi) is 8.51. The predicted octanol–water partition coefficient (Wildman–Crippen LogP) is -4.87. The maximum Gasteiger partial charge on any atom is 1.00 e. The van der Waals surface area contributed by atoms with E-state index in [0.717, 1.165) is 4.90 Å². The van der Waals surface area contributed by atoms with Crippen LogP contribution in [0.5, 0.6) is 0 Å². The second-order valence-electron chi connectivity index (χ2n) is 5.81. The number of ether oxygens (including phenoxy) is 1. The normalized spacial score (nSPS) is 20.5. The molecule has 3 rings (SSSR count). The van der Waals surface area contributed by atoms with Gasteiger partial charge in [0.25, 0.3) is 11.8 Å². The fourth-order valence-corrected chi connectivity index (χ4v) is 4.18. The number of thioether (sulfide) groups is 1. The molecule has 0 aromatic carbocycles. The van der Waals surface area contributed by atoms with E-state index in [-0.39, 0.29) is 80.8 Å². The first-order valence-electron chi connectivity index (χ1n) is 8.11. The second kappa shape index (κ2) is 10.5. The molecule has 0 radical (unpaired) electrons. The third-order valence-electron chi connectivity index (χ3n) is 4.07. The Balaban J connectivity index is 0.00000320. The molecule has 1 aromatic rings. The van der Waals surface area contributed by atoms with Crippen LogP contribution >= 0.6 is 11.8 Å². The van der Waals surface area contributed by atoms with E-state index in [9.17, 15) is 24.3 Å². The Hall–Kier alpha value is -1.84. The number of hydrogen-bond donors (Lipinski definition) is 2. The number of carbonyl (C=O) groups is 4. The van der Waals surface area contributed by atoms with Gasteiger partial charge in [-0.25, -0.2) is 4.79 Å². The molecule has 0 unspecified atom stereocenters. The van der Waals surface area contributed by atoms with Crippen molar-refractivity contribution < 1.29 is 89.7 Å². The van der Waals surface area contributed by atoms with Crippen LogP contribution in [0.2, 0.25) is 0 Å². The summed E-state index contributed by atoms with van der Waals surface area (Å²) < 4.78 is 9.75. The molecule has 12 nitrogen and oxygen atoms in total. The summed E-state index contributed by atoms with van der Waals surface area (Å²) in [6.07, 6.45) is 0.262. The van der Waals surface area contributed by atoms with Crippen LogP contribution in [-0.4, -0.2) is 65.4 Å². The van der Waals surface area contributed by atoms with Gasteiger partial charge in [0.15, 0.2) is 5.76 Å².